The summed E-state index contributed by atoms with van der Waals surface area (Å²) in [5, 5.41) is 10.4. The van der Waals surface area contributed by atoms with E-state index >= 15 is 0 Å². The van der Waals surface area contributed by atoms with Crippen LogP contribution in [0, 0.1) is 0 Å². The fourth-order valence-electron chi connectivity index (χ4n) is 2.31. The molecule has 5 nitrogen and oxygen atoms in total. The number of rotatable bonds is 3. The topological polar surface area (TPSA) is 92.3 Å². The molecule has 0 unspecified atom stereocenters. The normalized spacial score (nSPS) is 17.6. The first-order chi connectivity index (χ1) is 10.8. The molecular weight excluding hydrogens is 311 g/mol. The molecule has 0 atom stereocenters. The van der Waals surface area contributed by atoms with Crippen molar-refractivity contribution in [1.82, 2.24) is 0 Å². The van der Waals surface area contributed by atoms with Gasteiger partial charge < -0.3 is 10.8 Å². The lowest BCUT2D eigenvalue weighted by atomic mass is 10.0. The van der Waals surface area contributed by atoms with Crippen molar-refractivity contribution in [2.24, 2.45) is 10.7 Å². The van der Waals surface area contributed by atoms with Gasteiger partial charge in [0.05, 0.1) is 11.1 Å². The summed E-state index contributed by atoms with van der Waals surface area (Å²) >= 11 is 0. The van der Waals surface area contributed by atoms with Crippen molar-refractivity contribution >= 4 is 11.8 Å². The third-order valence-corrected chi connectivity index (χ3v) is 3.54. The highest BCUT2D eigenvalue weighted by molar-refractivity contribution is 5.92. The highest BCUT2D eigenvalue weighted by Gasteiger charge is 2.36. The van der Waals surface area contributed by atoms with Crippen LogP contribution in [-0.2, 0) is 6.54 Å². The van der Waals surface area contributed by atoms with Crippen molar-refractivity contribution < 1.29 is 28.4 Å². The Morgan fingerprint density at radius 2 is 1.96 bits per heavy atom. The zero-order chi connectivity index (χ0) is 17.0. The quantitative estimate of drug-likeness (QED) is 0.783. The van der Waals surface area contributed by atoms with E-state index in [1.54, 1.807) is 17.4 Å². The van der Waals surface area contributed by atoms with Gasteiger partial charge in [-0.1, -0.05) is 12.1 Å². The molecule has 0 saturated heterocycles. The number of quaternary nitrogens is 1. The van der Waals surface area contributed by atoms with E-state index in [1.165, 1.54) is 12.1 Å². The van der Waals surface area contributed by atoms with Crippen LogP contribution in [-0.4, -0.2) is 29.6 Å². The van der Waals surface area contributed by atoms with Crippen molar-refractivity contribution in [3.8, 4) is 0 Å². The van der Waals surface area contributed by atoms with E-state index < -0.39 is 17.8 Å². The Kier molecular flexibility index (Phi) is 5.05. The second kappa shape index (κ2) is 6.82. The minimum Gasteiger partial charge on any atom is -0.478 e. The molecule has 0 aromatic heterocycles. The number of allylic oxidation sites excluding steroid dienone is 1. The first kappa shape index (κ1) is 17.0. The third kappa shape index (κ3) is 4.32. The number of hydrogen-bond acceptors (Lipinski definition) is 3. The largest absolute Gasteiger partial charge is 0.478 e. The van der Waals surface area contributed by atoms with Crippen LogP contribution in [0.3, 0.4) is 0 Å². The molecule has 0 amide bonds. The van der Waals surface area contributed by atoms with E-state index in [4.69, 9.17) is 10.8 Å². The number of halogens is 3. The Bertz CT molecular complexity index is 649. The number of nitrogens with two attached hydrogens (primary N) is 2. The van der Waals surface area contributed by atoms with Gasteiger partial charge in [-0.05, 0) is 25.0 Å². The minimum atomic E-state index is -4.57. The molecule has 1 heterocycles. The van der Waals surface area contributed by atoms with Gasteiger partial charge in [-0.2, -0.15) is 13.2 Å². The zero-order valence-electron chi connectivity index (χ0n) is 12.2. The van der Waals surface area contributed by atoms with Crippen LogP contribution in [0.5, 0.6) is 0 Å². The molecule has 0 aliphatic carbocycles. The molecular formula is C15H17F3N3O2+. The van der Waals surface area contributed by atoms with Crippen molar-refractivity contribution in [1.29, 1.82) is 0 Å². The van der Waals surface area contributed by atoms with Gasteiger partial charge in [-0.15, -0.1) is 0 Å². The molecule has 0 saturated carbocycles. The first-order valence-corrected chi connectivity index (χ1v) is 7.05. The summed E-state index contributed by atoms with van der Waals surface area (Å²) in [6.45, 7) is 0.825. The Morgan fingerprint density at radius 3 is 2.52 bits per heavy atom. The summed E-state index contributed by atoms with van der Waals surface area (Å²) in [7, 11) is 0. The number of aliphatic imine (C=N–C) groups is 1. The number of carboxylic acid groups (broad SMARTS) is 1. The molecule has 2 rings (SSSR count). The number of amidine groups is 1. The molecule has 5 N–H and O–H groups in total. The summed E-state index contributed by atoms with van der Waals surface area (Å²) in [4.78, 5) is 14.9. The molecule has 0 spiro atoms. The molecule has 1 aliphatic rings. The maximum absolute atomic E-state index is 12.8. The average Bonchev–Trinajstić information content (AvgIpc) is 2.52. The van der Waals surface area contributed by atoms with E-state index in [0.29, 0.717) is 19.5 Å². The lowest BCUT2D eigenvalue weighted by molar-refractivity contribution is -0.557. The highest BCUT2D eigenvalue weighted by atomic mass is 19.4. The predicted octanol–water partition coefficient (Wildman–Crippen LogP) is 1.42. The monoisotopic (exact) mass is 328 g/mol. The van der Waals surface area contributed by atoms with Crippen LogP contribution in [0.2, 0.25) is 0 Å². The Morgan fingerprint density at radius 1 is 1.30 bits per heavy atom. The van der Waals surface area contributed by atoms with Crippen LogP contribution in [0.4, 0.5) is 13.2 Å². The number of alkyl halides is 3. The molecule has 124 valence electrons. The number of hydrogen-bond donors (Lipinski definition) is 3. The SMILES string of the molecule is NC(=C1CCCN=C1[NH2+]Cc1ccc(C(=O)O)cc1)C(F)(F)F. The second-order valence-electron chi connectivity index (χ2n) is 5.17. The van der Waals surface area contributed by atoms with Crippen LogP contribution in [0.25, 0.3) is 0 Å². The molecule has 0 fully saturated rings. The number of carbonyl (C=O) groups is 1. The van der Waals surface area contributed by atoms with Gasteiger partial charge in [0.1, 0.15) is 12.2 Å². The van der Waals surface area contributed by atoms with E-state index in [9.17, 15) is 18.0 Å². The predicted molar refractivity (Wildman–Crippen MR) is 77.8 cm³/mol. The van der Waals surface area contributed by atoms with Gasteiger partial charge in [-0.3, -0.25) is 5.32 Å². The van der Waals surface area contributed by atoms with Gasteiger partial charge >= 0.3 is 12.1 Å². The summed E-state index contributed by atoms with van der Waals surface area (Å²) < 4.78 is 38.3. The van der Waals surface area contributed by atoms with Gasteiger partial charge in [0.2, 0.25) is 5.84 Å². The van der Waals surface area contributed by atoms with Crippen molar-refractivity contribution in [2.75, 3.05) is 6.54 Å². The smallest absolute Gasteiger partial charge is 0.431 e. The average molecular weight is 328 g/mol. The van der Waals surface area contributed by atoms with E-state index in [1.807, 2.05) is 0 Å². The van der Waals surface area contributed by atoms with Gasteiger partial charge in [0.15, 0.2) is 0 Å². The Hall–Kier alpha value is -2.35. The number of nitrogens with zero attached hydrogens (tertiary/aromatic N) is 1. The van der Waals surface area contributed by atoms with Gasteiger partial charge in [0, 0.05) is 12.1 Å². The third-order valence-electron chi connectivity index (χ3n) is 3.54. The molecule has 1 aliphatic heterocycles. The molecule has 0 radical (unpaired) electrons. The molecule has 0 bridgehead atoms. The van der Waals surface area contributed by atoms with Crippen LogP contribution >= 0.6 is 0 Å². The standard InChI is InChI=1S/C15H16F3N3O2/c16-15(17,18)12(19)11-2-1-7-20-13(11)21-8-9-3-5-10(6-4-9)14(22)23/h3-6H,1-2,7-8,19H2,(H,20,21)(H,22,23)/p+1. The zero-order valence-corrected chi connectivity index (χ0v) is 12.2. The van der Waals surface area contributed by atoms with Gasteiger partial charge in [0.25, 0.3) is 0 Å². The van der Waals surface area contributed by atoms with E-state index in [2.05, 4.69) is 4.99 Å². The second-order valence-corrected chi connectivity index (χ2v) is 5.17. The highest BCUT2D eigenvalue weighted by Crippen LogP contribution is 2.27. The summed E-state index contributed by atoms with van der Waals surface area (Å²) in [5.41, 5.74) is 5.11. The van der Waals surface area contributed by atoms with Crippen LogP contribution in [0.15, 0.2) is 40.5 Å². The maximum atomic E-state index is 12.8. The maximum Gasteiger partial charge on any atom is 0.431 e. The van der Waals surface area contributed by atoms with Gasteiger partial charge in [-0.25, -0.2) is 9.79 Å². The Labute approximate surface area is 130 Å². The van der Waals surface area contributed by atoms with E-state index in [-0.39, 0.29) is 23.4 Å². The van der Waals surface area contributed by atoms with E-state index in [0.717, 1.165) is 5.56 Å². The molecule has 1 aromatic rings. The van der Waals surface area contributed by atoms with Crippen molar-refractivity contribution in [3.05, 3.63) is 46.7 Å². The minimum absolute atomic E-state index is 0.0332. The van der Waals surface area contributed by atoms with Crippen LogP contribution < -0.4 is 11.1 Å². The van der Waals surface area contributed by atoms with Crippen molar-refractivity contribution in [2.45, 2.75) is 25.6 Å². The lowest BCUT2D eigenvalue weighted by Gasteiger charge is -2.17. The fourth-order valence-corrected chi connectivity index (χ4v) is 2.31. The lowest BCUT2D eigenvalue weighted by Crippen LogP contribution is -2.87. The fraction of sp³-hybridized carbons (Fsp3) is 0.333. The molecule has 8 heteroatoms. The summed E-state index contributed by atoms with van der Waals surface area (Å²) in [6.07, 6.45) is -3.78. The first-order valence-electron chi connectivity index (χ1n) is 7.05. The number of aromatic carboxylic acids is 1. The summed E-state index contributed by atoms with van der Waals surface area (Å²) in [6, 6.07) is 6.16. The molecule has 23 heavy (non-hydrogen) atoms. The summed E-state index contributed by atoms with van der Waals surface area (Å²) in [5.74, 6) is -0.756. The number of benzene rings is 1. The molecule has 1 aromatic carbocycles. The van der Waals surface area contributed by atoms with Crippen LogP contribution in [0.1, 0.15) is 28.8 Å². The Balaban J connectivity index is 2.12. The number of carboxylic acids is 1. The van der Waals surface area contributed by atoms with Crippen molar-refractivity contribution in [3.63, 3.8) is 0 Å².